The number of carbonyl (C=O) groups is 1. The van der Waals surface area contributed by atoms with E-state index in [4.69, 9.17) is 11.5 Å². The summed E-state index contributed by atoms with van der Waals surface area (Å²) in [6.07, 6.45) is 0.690. The van der Waals surface area contributed by atoms with Gasteiger partial charge < -0.3 is 16.6 Å². The second-order valence-corrected chi connectivity index (χ2v) is 6.96. The Kier molecular flexibility index (Phi) is 5.27. The molecule has 0 aliphatic rings. The van der Waals surface area contributed by atoms with Gasteiger partial charge in [-0.15, -0.1) is 0 Å². The normalized spacial score (nSPS) is 14.8. The number of benzene rings is 1. The van der Waals surface area contributed by atoms with Crippen LogP contribution in [-0.2, 0) is 14.6 Å². The second-order valence-electron chi connectivity index (χ2n) is 4.76. The number of hydrogen-bond donors (Lipinski definition) is 3. The van der Waals surface area contributed by atoms with E-state index in [1.165, 1.54) is 12.1 Å². The average molecular weight is 300 g/mol. The van der Waals surface area contributed by atoms with Crippen molar-refractivity contribution in [2.75, 3.05) is 6.54 Å². The lowest BCUT2D eigenvalue weighted by molar-refractivity contribution is -0.140. The molecule has 6 nitrogen and oxygen atoms in total. The highest BCUT2D eigenvalue weighted by molar-refractivity contribution is 7.93. The maximum absolute atomic E-state index is 12.5. The van der Waals surface area contributed by atoms with Gasteiger partial charge in [0.15, 0.2) is 0 Å². The predicted octanol–water partition coefficient (Wildman–Crippen LogP) is 0.637. The van der Waals surface area contributed by atoms with Crippen LogP contribution in [0.25, 0.3) is 0 Å². The highest BCUT2D eigenvalue weighted by Crippen LogP contribution is 2.27. The Morgan fingerprint density at radius 1 is 1.25 bits per heavy atom. The van der Waals surface area contributed by atoms with Crippen LogP contribution in [-0.4, -0.2) is 30.9 Å². The smallest absolute Gasteiger partial charge is 0.339 e. The Morgan fingerprint density at radius 2 is 1.80 bits per heavy atom. The molecule has 20 heavy (non-hydrogen) atoms. The molecule has 0 radical (unpaired) electrons. The van der Waals surface area contributed by atoms with Crippen molar-refractivity contribution in [1.82, 2.24) is 0 Å². The molecule has 1 aromatic rings. The van der Waals surface area contributed by atoms with Crippen molar-refractivity contribution in [3.05, 3.63) is 29.8 Å². The average Bonchev–Trinajstić information content (AvgIpc) is 2.38. The Bertz CT molecular complexity index is 569. The quantitative estimate of drug-likeness (QED) is 0.635. The Balaban J connectivity index is 3.18. The standard InChI is InChI=1S/C13H20N2O4S/c1-10-4-6-11(7-5-10)20(18,19)13(15,12(16)17)8-2-3-9-14/h4-7H,2-3,8-9,14-15H2,1H3,(H,16,17)/t13-/m0/s1. The fourth-order valence-corrected chi connectivity index (χ4v) is 3.37. The van der Waals surface area contributed by atoms with Crippen LogP contribution in [0.1, 0.15) is 24.8 Å². The van der Waals surface area contributed by atoms with Crippen molar-refractivity contribution in [2.24, 2.45) is 11.5 Å². The molecule has 0 fully saturated rings. The minimum atomic E-state index is -4.16. The van der Waals surface area contributed by atoms with Gasteiger partial charge in [-0.05, 0) is 44.9 Å². The van der Waals surface area contributed by atoms with E-state index in [9.17, 15) is 18.3 Å². The summed E-state index contributed by atoms with van der Waals surface area (Å²) in [4.78, 5) is 8.96. The molecule has 1 atom stereocenters. The monoisotopic (exact) mass is 300 g/mol. The molecule has 5 N–H and O–H groups in total. The molecule has 0 heterocycles. The maximum atomic E-state index is 12.5. The van der Waals surface area contributed by atoms with Gasteiger partial charge in [0.25, 0.3) is 0 Å². The highest BCUT2D eigenvalue weighted by atomic mass is 32.2. The Morgan fingerprint density at radius 3 is 2.25 bits per heavy atom. The summed E-state index contributed by atoms with van der Waals surface area (Å²) >= 11 is 0. The van der Waals surface area contributed by atoms with E-state index in [0.29, 0.717) is 19.4 Å². The van der Waals surface area contributed by atoms with Crippen LogP contribution in [0.2, 0.25) is 0 Å². The Hall–Kier alpha value is -1.44. The molecule has 0 spiro atoms. The van der Waals surface area contributed by atoms with Crippen LogP contribution in [0, 0.1) is 6.92 Å². The molecular weight excluding hydrogens is 280 g/mol. The first-order valence-corrected chi connectivity index (χ1v) is 7.77. The number of hydrogen-bond acceptors (Lipinski definition) is 5. The summed E-state index contributed by atoms with van der Waals surface area (Å²) in [5.41, 5.74) is 11.9. The molecule has 1 rings (SSSR count). The molecule has 7 heteroatoms. The van der Waals surface area contributed by atoms with E-state index in [2.05, 4.69) is 0 Å². The van der Waals surface area contributed by atoms with E-state index >= 15 is 0 Å². The largest absolute Gasteiger partial charge is 0.479 e. The molecule has 0 aromatic heterocycles. The number of unbranched alkanes of at least 4 members (excludes halogenated alkanes) is 1. The van der Waals surface area contributed by atoms with Crippen LogP contribution < -0.4 is 11.5 Å². The predicted molar refractivity (Wildman–Crippen MR) is 75.8 cm³/mol. The molecule has 0 aliphatic heterocycles. The van der Waals surface area contributed by atoms with Crippen LogP contribution in [0.15, 0.2) is 29.2 Å². The fraction of sp³-hybridized carbons (Fsp3) is 0.462. The summed E-state index contributed by atoms with van der Waals surface area (Å²) < 4.78 is 24.9. The van der Waals surface area contributed by atoms with Crippen molar-refractivity contribution in [3.63, 3.8) is 0 Å². The van der Waals surface area contributed by atoms with E-state index in [0.717, 1.165) is 5.56 Å². The number of aryl methyl sites for hydroxylation is 1. The first-order chi connectivity index (χ1) is 9.25. The lowest BCUT2D eigenvalue weighted by Gasteiger charge is -2.24. The van der Waals surface area contributed by atoms with Gasteiger partial charge in [-0.3, -0.25) is 0 Å². The first-order valence-electron chi connectivity index (χ1n) is 6.29. The molecule has 112 valence electrons. The summed E-state index contributed by atoms with van der Waals surface area (Å²) in [5.74, 6) is -1.55. The minimum absolute atomic E-state index is 0.0826. The summed E-state index contributed by atoms with van der Waals surface area (Å²) in [6, 6.07) is 5.96. The molecule has 1 aromatic carbocycles. The SMILES string of the molecule is Cc1ccc(S(=O)(=O)[C@@](N)(CCCCN)C(=O)O)cc1. The van der Waals surface area contributed by atoms with Gasteiger partial charge in [-0.2, -0.15) is 0 Å². The summed E-state index contributed by atoms with van der Waals surface area (Å²) in [5, 5.41) is 9.25. The number of carboxylic acids is 1. The van der Waals surface area contributed by atoms with E-state index in [-0.39, 0.29) is 11.3 Å². The summed E-state index contributed by atoms with van der Waals surface area (Å²) in [6.45, 7) is 2.17. The lowest BCUT2D eigenvalue weighted by atomic mass is 10.1. The number of rotatable bonds is 7. The number of aliphatic carboxylic acids is 1. The number of sulfone groups is 1. The van der Waals surface area contributed by atoms with Crippen molar-refractivity contribution < 1.29 is 18.3 Å². The van der Waals surface area contributed by atoms with Gasteiger partial charge in [0.05, 0.1) is 4.90 Å². The molecule has 0 unspecified atom stereocenters. The van der Waals surface area contributed by atoms with Crippen molar-refractivity contribution in [2.45, 2.75) is 36.0 Å². The van der Waals surface area contributed by atoms with Crippen molar-refractivity contribution >= 4 is 15.8 Å². The van der Waals surface area contributed by atoms with Gasteiger partial charge in [0.1, 0.15) is 0 Å². The van der Waals surface area contributed by atoms with Crippen LogP contribution in [0.3, 0.4) is 0 Å². The second kappa shape index (κ2) is 6.34. The van der Waals surface area contributed by atoms with E-state index in [1.807, 2.05) is 6.92 Å². The zero-order valence-corrected chi connectivity index (χ0v) is 12.2. The van der Waals surface area contributed by atoms with Crippen LogP contribution in [0.5, 0.6) is 0 Å². The van der Waals surface area contributed by atoms with E-state index < -0.39 is 20.7 Å². The topological polar surface area (TPSA) is 123 Å². The zero-order chi connectivity index (χ0) is 15.4. The third-order valence-corrected chi connectivity index (χ3v) is 5.41. The van der Waals surface area contributed by atoms with Crippen LogP contribution in [0.4, 0.5) is 0 Å². The Labute approximate surface area is 118 Å². The van der Waals surface area contributed by atoms with Gasteiger partial charge in [0, 0.05) is 0 Å². The van der Waals surface area contributed by atoms with E-state index in [1.54, 1.807) is 12.1 Å². The van der Waals surface area contributed by atoms with Crippen molar-refractivity contribution in [1.29, 1.82) is 0 Å². The molecule has 0 amide bonds. The molecule has 0 saturated heterocycles. The van der Waals surface area contributed by atoms with Gasteiger partial charge in [-0.1, -0.05) is 17.7 Å². The highest BCUT2D eigenvalue weighted by Gasteiger charge is 2.47. The third kappa shape index (κ3) is 3.17. The lowest BCUT2D eigenvalue weighted by Crippen LogP contribution is -2.54. The number of nitrogens with two attached hydrogens (primary N) is 2. The van der Waals surface area contributed by atoms with Crippen molar-refractivity contribution in [3.8, 4) is 0 Å². The molecular formula is C13H20N2O4S. The third-order valence-electron chi connectivity index (χ3n) is 3.18. The molecule has 0 aliphatic carbocycles. The van der Waals surface area contributed by atoms with Gasteiger partial charge >= 0.3 is 5.97 Å². The number of carboxylic acid groups (broad SMARTS) is 1. The van der Waals surface area contributed by atoms with Gasteiger partial charge in [-0.25, -0.2) is 13.2 Å². The summed E-state index contributed by atoms with van der Waals surface area (Å²) in [7, 11) is -4.16. The minimum Gasteiger partial charge on any atom is -0.479 e. The van der Waals surface area contributed by atoms with Crippen LogP contribution >= 0.6 is 0 Å². The first kappa shape index (κ1) is 16.6. The maximum Gasteiger partial charge on any atom is 0.339 e. The molecule has 0 bridgehead atoms. The fourth-order valence-electron chi connectivity index (χ4n) is 1.82. The molecule has 0 saturated carbocycles. The van der Waals surface area contributed by atoms with Gasteiger partial charge in [0.2, 0.25) is 14.7 Å². The zero-order valence-electron chi connectivity index (χ0n) is 11.4.